The van der Waals surface area contributed by atoms with E-state index in [-0.39, 0.29) is 18.4 Å². The summed E-state index contributed by atoms with van der Waals surface area (Å²) >= 11 is 0. The van der Waals surface area contributed by atoms with E-state index in [1.165, 1.54) is 0 Å². The molecule has 8 nitrogen and oxygen atoms in total. The number of halogens is 1. The summed E-state index contributed by atoms with van der Waals surface area (Å²) in [6, 6.07) is 5.62. The second-order valence-electron chi connectivity index (χ2n) is 5.48. The Morgan fingerprint density at radius 1 is 1.29 bits per heavy atom. The number of likely N-dealkylation sites (N-methyl/N-ethyl adjacent to an activating group) is 1. The van der Waals surface area contributed by atoms with Gasteiger partial charge >= 0.3 is 0 Å². The molecule has 0 spiro atoms. The molecule has 0 aliphatic carbocycles. The van der Waals surface area contributed by atoms with E-state index in [1.54, 1.807) is 18.5 Å². The molecule has 24 heavy (non-hydrogen) atoms. The molecule has 1 fully saturated rings. The number of nitrogens with zero attached hydrogens (tertiary/aromatic N) is 5. The highest BCUT2D eigenvalue weighted by molar-refractivity contribution is 5.85. The molecule has 4 heterocycles. The number of pyridine rings is 1. The van der Waals surface area contributed by atoms with Crippen LogP contribution in [0.5, 0.6) is 0 Å². The fourth-order valence-corrected chi connectivity index (χ4v) is 2.59. The minimum absolute atomic E-state index is 0. The van der Waals surface area contributed by atoms with Gasteiger partial charge in [0.2, 0.25) is 0 Å². The van der Waals surface area contributed by atoms with Crippen molar-refractivity contribution in [1.82, 2.24) is 30.5 Å². The zero-order chi connectivity index (χ0) is 15.6. The zero-order valence-corrected chi connectivity index (χ0v) is 13.9. The van der Waals surface area contributed by atoms with Gasteiger partial charge in [0.05, 0.1) is 6.04 Å². The molecular weight excluding hydrogens is 332 g/mol. The maximum absolute atomic E-state index is 5.35. The molecule has 0 radical (unpaired) electrons. The quantitative estimate of drug-likeness (QED) is 0.765. The third kappa shape index (κ3) is 3.16. The molecule has 126 valence electrons. The van der Waals surface area contributed by atoms with Gasteiger partial charge in [0.1, 0.15) is 0 Å². The lowest BCUT2D eigenvalue weighted by atomic mass is 10.2. The Bertz CT molecular complexity index is 790. The molecule has 3 aromatic heterocycles. The molecule has 0 amide bonds. The van der Waals surface area contributed by atoms with E-state index < -0.39 is 0 Å². The number of rotatable bonds is 3. The first kappa shape index (κ1) is 16.6. The molecule has 1 aliphatic heterocycles. The van der Waals surface area contributed by atoms with Crippen molar-refractivity contribution in [2.75, 3.05) is 26.7 Å². The van der Waals surface area contributed by atoms with Gasteiger partial charge in [-0.25, -0.2) is 0 Å². The number of aromatic nitrogens is 4. The van der Waals surface area contributed by atoms with E-state index in [2.05, 4.69) is 37.5 Å². The second-order valence-corrected chi connectivity index (χ2v) is 5.48. The monoisotopic (exact) mass is 348 g/mol. The van der Waals surface area contributed by atoms with Crippen molar-refractivity contribution in [3.05, 3.63) is 36.4 Å². The lowest BCUT2D eigenvalue weighted by molar-refractivity contribution is 0.190. The van der Waals surface area contributed by atoms with E-state index in [0.29, 0.717) is 23.2 Å². The molecule has 9 heteroatoms. The van der Waals surface area contributed by atoms with Crippen LogP contribution in [-0.4, -0.2) is 51.9 Å². The van der Waals surface area contributed by atoms with Gasteiger partial charge in [0, 0.05) is 43.7 Å². The fourth-order valence-electron chi connectivity index (χ4n) is 2.59. The van der Waals surface area contributed by atoms with Crippen LogP contribution in [-0.2, 0) is 0 Å². The summed E-state index contributed by atoms with van der Waals surface area (Å²) in [5.41, 5.74) is 1.37. The molecule has 1 saturated heterocycles. The molecule has 0 saturated carbocycles. The molecule has 1 unspecified atom stereocenters. The predicted octanol–water partition coefficient (Wildman–Crippen LogP) is 1.78. The minimum Gasteiger partial charge on any atom is -0.355 e. The van der Waals surface area contributed by atoms with Crippen LogP contribution in [0.3, 0.4) is 0 Å². The van der Waals surface area contributed by atoms with Crippen molar-refractivity contribution >= 4 is 12.4 Å². The van der Waals surface area contributed by atoms with Crippen molar-refractivity contribution in [3.8, 4) is 22.9 Å². The van der Waals surface area contributed by atoms with Crippen molar-refractivity contribution in [1.29, 1.82) is 0 Å². The Balaban J connectivity index is 0.00000169. The largest absolute Gasteiger partial charge is 0.355 e. The Labute approximate surface area is 144 Å². The summed E-state index contributed by atoms with van der Waals surface area (Å²) in [6.07, 6.45) is 3.42. The molecule has 3 aromatic rings. The van der Waals surface area contributed by atoms with Crippen molar-refractivity contribution in [2.24, 2.45) is 0 Å². The Kier molecular flexibility index (Phi) is 4.89. The average Bonchev–Trinajstić information content (AvgIpc) is 3.25. The van der Waals surface area contributed by atoms with E-state index in [0.717, 1.165) is 25.2 Å². The van der Waals surface area contributed by atoms with Crippen molar-refractivity contribution in [2.45, 2.75) is 6.04 Å². The lowest BCUT2D eigenvalue weighted by Gasteiger charge is -2.30. The Hall–Kier alpha value is -2.29. The maximum Gasteiger partial charge on any atom is 0.280 e. The van der Waals surface area contributed by atoms with Gasteiger partial charge in [-0.2, -0.15) is 4.98 Å². The average molecular weight is 349 g/mol. The summed E-state index contributed by atoms with van der Waals surface area (Å²) in [4.78, 5) is 10.7. The maximum atomic E-state index is 5.35. The van der Waals surface area contributed by atoms with E-state index in [1.807, 2.05) is 12.1 Å². The lowest BCUT2D eigenvalue weighted by Crippen LogP contribution is -2.44. The smallest absolute Gasteiger partial charge is 0.280 e. The van der Waals surface area contributed by atoms with Crippen LogP contribution >= 0.6 is 12.4 Å². The number of hydrogen-bond acceptors (Lipinski definition) is 8. The van der Waals surface area contributed by atoms with Gasteiger partial charge < -0.3 is 14.4 Å². The van der Waals surface area contributed by atoms with Crippen LogP contribution in [0, 0.1) is 0 Å². The molecule has 0 bridgehead atoms. The third-order valence-corrected chi connectivity index (χ3v) is 3.93. The highest BCUT2D eigenvalue weighted by Gasteiger charge is 2.26. The first-order valence-electron chi connectivity index (χ1n) is 7.43. The normalized spacial score (nSPS) is 18.3. The first-order valence-corrected chi connectivity index (χ1v) is 7.43. The van der Waals surface area contributed by atoms with E-state index in [9.17, 15) is 0 Å². The summed E-state index contributed by atoms with van der Waals surface area (Å²) < 4.78 is 10.7. The van der Waals surface area contributed by atoms with Crippen LogP contribution in [0.2, 0.25) is 0 Å². The summed E-state index contributed by atoms with van der Waals surface area (Å²) in [6.45, 7) is 2.72. The molecule has 4 rings (SSSR count). The number of hydrogen-bond donors (Lipinski definition) is 1. The SMILES string of the molecule is CN1CCNCC1c1noc(-c2cc(-c3cccnc3)on2)n1.Cl. The topological polar surface area (TPSA) is 93.1 Å². The van der Waals surface area contributed by atoms with Gasteiger partial charge in [-0.15, -0.1) is 12.4 Å². The standard InChI is InChI=1S/C15H16N6O2.ClH/c1-21-6-5-17-9-12(21)14-18-15(23-20-14)11-7-13(22-19-11)10-3-2-4-16-8-10;/h2-4,7-8,12,17H,5-6,9H2,1H3;1H. The Morgan fingerprint density at radius 3 is 3.00 bits per heavy atom. The van der Waals surface area contributed by atoms with Gasteiger partial charge in [0.25, 0.3) is 5.89 Å². The van der Waals surface area contributed by atoms with Crippen LogP contribution in [0.1, 0.15) is 11.9 Å². The van der Waals surface area contributed by atoms with E-state index in [4.69, 9.17) is 9.05 Å². The summed E-state index contributed by atoms with van der Waals surface area (Å²) in [5, 5.41) is 11.4. The second kappa shape index (κ2) is 7.08. The minimum atomic E-state index is 0. The third-order valence-electron chi connectivity index (χ3n) is 3.93. The zero-order valence-electron chi connectivity index (χ0n) is 13.0. The molecular formula is C15H17ClN6O2. The molecule has 1 aliphatic rings. The molecule has 0 aromatic carbocycles. The van der Waals surface area contributed by atoms with Gasteiger partial charge in [-0.3, -0.25) is 9.88 Å². The van der Waals surface area contributed by atoms with Crippen molar-refractivity contribution in [3.63, 3.8) is 0 Å². The van der Waals surface area contributed by atoms with E-state index >= 15 is 0 Å². The van der Waals surface area contributed by atoms with Gasteiger partial charge in [-0.1, -0.05) is 10.3 Å². The Morgan fingerprint density at radius 2 is 2.21 bits per heavy atom. The van der Waals surface area contributed by atoms with Crippen LogP contribution in [0.25, 0.3) is 22.9 Å². The number of nitrogens with one attached hydrogen (secondary N) is 1. The fraction of sp³-hybridized carbons (Fsp3) is 0.333. The molecule has 1 atom stereocenters. The summed E-state index contributed by atoms with van der Waals surface area (Å²) in [7, 11) is 2.05. The number of piperazine rings is 1. The summed E-state index contributed by atoms with van der Waals surface area (Å²) in [5.74, 6) is 1.63. The van der Waals surface area contributed by atoms with Gasteiger partial charge in [0.15, 0.2) is 17.3 Å². The van der Waals surface area contributed by atoms with Crippen LogP contribution in [0.15, 0.2) is 39.6 Å². The highest BCUT2D eigenvalue weighted by atomic mass is 35.5. The van der Waals surface area contributed by atoms with Crippen LogP contribution < -0.4 is 5.32 Å². The predicted molar refractivity (Wildman–Crippen MR) is 88.5 cm³/mol. The van der Waals surface area contributed by atoms with Crippen molar-refractivity contribution < 1.29 is 9.05 Å². The van der Waals surface area contributed by atoms with Crippen LogP contribution in [0.4, 0.5) is 0 Å². The molecule has 1 N–H and O–H groups in total. The van der Waals surface area contributed by atoms with Gasteiger partial charge in [-0.05, 0) is 19.2 Å². The highest BCUT2D eigenvalue weighted by Crippen LogP contribution is 2.26. The first-order chi connectivity index (χ1) is 11.3.